The van der Waals surface area contributed by atoms with E-state index in [4.69, 9.17) is 16.0 Å². The van der Waals surface area contributed by atoms with E-state index in [0.717, 1.165) is 5.56 Å². The van der Waals surface area contributed by atoms with E-state index < -0.39 is 10.0 Å². The number of nitrogens with zero attached hydrogens (tertiary/aromatic N) is 2. The second-order valence-corrected chi connectivity index (χ2v) is 8.18. The molecule has 0 radical (unpaired) electrons. The first kappa shape index (κ1) is 18.6. The SMILES string of the molecule is CCCN(Cc1coc(-c2ccccc2)n1)S(=O)(=O)c1ccc(Cl)cc1. The van der Waals surface area contributed by atoms with Crippen molar-refractivity contribution in [2.45, 2.75) is 24.8 Å². The van der Waals surface area contributed by atoms with Gasteiger partial charge in [0.05, 0.1) is 17.1 Å². The molecule has 0 aliphatic rings. The van der Waals surface area contributed by atoms with E-state index >= 15 is 0 Å². The number of sulfonamides is 1. The fourth-order valence-electron chi connectivity index (χ4n) is 2.56. The van der Waals surface area contributed by atoms with Crippen molar-refractivity contribution in [3.05, 3.63) is 71.6 Å². The Morgan fingerprint density at radius 3 is 2.42 bits per heavy atom. The van der Waals surface area contributed by atoms with E-state index in [-0.39, 0.29) is 11.4 Å². The van der Waals surface area contributed by atoms with Gasteiger partial charge in [-0.3, -0.25) is 0 Å². The zero-order valence-corrected chi connectivity index (χ0v) is 15.9. The third kappa shape index (κ3) is 4.15. The number of rotatable bonds is 7. The second kappa shape index (κ2) is 8.03. The van der Waals surface area contributed by atoms with Crippen LogP contribution in [0, 0.1) is 0 Å². The third-order valence-electron chi connectivity index (χ3n) is 3.84. The Hall–Kier alpha value is -2.15. The fourth-order valence-corrected chi connectivity index (χ4v) is 4.19. The monoisotopic (exact) mass is 390 g/mol. The first-order valence-electron chi connectivity index (χ1n) is 8.26. The Bertz CT molecular complexity index is 954. The van der Waals surface area contributed by atoms with Crippen molar-refractivity contribution in [2.24, 2.45) is 0 Å². The highest BCUT2D eigenvalue weighted by molar-refractivity contribution is 7.89. The largest absolute Gasteiger partial charge is 0.444 e. The summed E-state index contributed by atoms with van der Waals surface area (Å²) in [4.78, 5) is 4.64. The Labute approximate surface area is 158 Å². The van der Waals surface area contributed by atoms with E-state index in [9.17, 15) is 8.42 Å². The van der Waals surface area contributed by atoms with Gasteiger partial charge in [0.1, 0.15) is 6.26 Å². The number of hydrogen-bond donors (Lipinski definition) is 0. The van der Waals surface area contributed by atoms with Crippen molar-refractivity contribution >= 4 is 21.6 Å². The minimum Gasteiger partial charge on any atom is -0.444 e. The van der Waals surface area contributed by atoms with Gasteiger partial charge in [-0.1, -0.05) is 36.7 Å². The fraction of sp³-hybridized carbons (Fsp3) is 0.211. The van der Waals surface area contributed by atoms with Crippen molar-refractivity contribution in [2.75, 3.05) is 6.54 Å². The molecule has 0 N–H and O–H groups in total. The van der Waals surface area contributed by atoms with Gasteiger partial charge in [-0.25, -0.2) is 13.4 Å². The summed E-state index contributed by atoms with van der Waals surface area (Å²) < 4.78 is 32.8. The molecule has 0 fully saturated rings. The van der Waals surface area contributed by atoms with E-state index in [1.807, 2.05) is 37.3 Å². The lowest BCUT2D eigenvalue weighted by Crippen LogP contribution is -2.31. The Morgan fingerprint density at radius 1 is 1.08 bits per heavy atom. The van der Waals surface area contributed by atoms with Gasteiger partial charge < -0.3 is 4.42 Å². The number of aromatic nitrogens is 1. The van der Waals surface area contributed by atoms with E-state index in [1.54, 1.807) is 12.1 Å². The predicted octanol–water partition coefficient (Wildman–Crippen LogP) is 4.60. The molecule has 3 aromatic rings. The zero-order valence-electron chi connectivity index (χ0n) is 14.3. The summed E-state index contributed by atoms with van der Waals surface area (Å²) in [5.41, 5.74) is 1.41. The summed E-state index contributed by atoms with van der Waals surface area (Å²) in [6.45, 7) is 2.47. The summed E-state index contributed by atoms with van der Waals surface area (Å²) in [6, 6.07) is 15.7. The van der Waals surface area contributed by atoms with Crippen molar-refractivity contribution in [3.63, 3.8) is 0 Å². The lowest BCUT2D eigenvalue weighted by molar-refractivity contribution is 0.401. The minimum absolute atomic E-state index is 0.148. The Morgan fingerprint density at radius 2 is 1.77 bits per heavy atom. The topological polar surface area (TPSA) is 63.4 Å². The number of benzene rings is 2. The number of halogens is 1. The van der Waals surface area contributed by atoms with E-state index in [2.05, 4.69) is 4.98 Å². The second-order valence-electron chi connectivity index (χ2n) is 5.80. The minimum atomic E-state index is -3.64. The maximum atomic E-state index is 12.9. The average molecular weight is 391 g/mol. The van der Waals surface area contributed by atoms with E-state index in [0.29, 0.717) is 29.6 Å². The lowest BCUT2D eigenvalue weighted by Gasteiger charge is -2.20. The summed E-state index contributed by atoms with van der Waals surface area (Å²) in [6.07, 6.45) is 2.19. The van der Waals surface area contributed by atoms with E-state index in [1.165, 1.54) is 22.7 Å². The van der Waals surface area contributed by atoms with Gasteiger partial charge in [0.25, 0.3) is 0 Å². The molecule has 0 saturated carbocycles. The van der Waals surface area contributed by atoms with Gasteiger partial charge in [-0.15, -0.1) is 0 Å². The molecular weight excluding hydrogens is 372 g/mol. The van der Waals surface area contributed by atoms with Crippen LogP contribution in [0.25, 0.3) is 11.5 Å². The maximum absolute atomic E-state index is 12.9. The van der Waals surface area contributed by atoms with Crippen LogP contribution in [0.15, 0.2) is 70.2 Å². The molecule has 0 atom stereocenters. The van der Waals surface area contributed by atoms with Crippen LogP contribution in [0.4, 0.5) is 0 Å². The molecule has 0 aliphatic heterocycles. The Balaban J connectivity index is 1.85. The van der Waals surface area contributed by atoms with Gasteiger partial charge in [-0.05, 0) is 42.8 Å². The van der Waals surface area contributed by atoms with Crippen molar-refractivity contribution in [1.82, 2.24) is 9.29 Å². The predicted molar refractivity (Wildman–Crippen MR) is 101 cm³/mol. The molecule has 7 heteroatoms. The van der Waals surface area contributed by atoms with Gasteiger partial charge in [0.15, 0.2) is 0 Å². The first-order chi connectivity index (χ1) is 12.5. The molecule has 0 unspecified atom stereocenters. The highest BCUT2D eigenvalue weighted by atomic mass is 35.5. The molecule has 2 aromatic carbocycles. The molecule has 26 heavy (non-hydrogen) atoms. The van der Waals surface area contributed by atoms with Crippen LogP contribution in [0.3, 0.4) is 0 Å². The molecule has 0 saturated heterocycles. The third-order valence-corrected chi connectivity index (χ3v) is 5.95. The maximum Gasteiger partial charge on any atom is 0.243 e. The van der Waals surface area contributed by atoms with Crippen molar-refractivity contribution in [1.29, 1.82) is 0 Å². The van der Waals surface area contributed by atoms with Gasteiger partial charge in [0.2, 0.25) is 15.9 Å². The van der Waals surface area contributed by atoms with Crippen molar-refractivity contribution < 1.29 is 12.8 Å². The van der Waals surface area contributed by atoms with Gasteiger partial charge in [-0.2, -0.15) is 4.31 Å². The van der Waals surface area contributed by atoms with Crippen molar-refractivity contribution in [3.8, 4) is 11.5 Å². The molecule has 136 valence electrons. The Kier molecular flexibility index (Phi) is 5.76. The van der Waals surface area contributed by atoms with Gasteiger partial charge >= 0.3 is 0 Å². The number of hydrogen-bond acceptors (Lipinski definition) is 4. The highest BCUT2D eigenvalue weighted by Crippen LogP contribution is 2.23. The normalized spacial score (nSPS) is 11.8. The van der Waals surface area contributed by atoms with Crippen LogP contribution < -0.4 is 0 Å². The molecule has 1 heterocycles. The van der Waals surface area contributed by atoms with Crippen LogP contribution in [-0.4, -0.2) is 24.3 Å². The van der Waals surface area contributed by atoms with Crippen LogP contribution in [0.2, 0.25) is 5.02 Å². The zero-order chi connectivity index (χ0) is 18.6. The summed E-state index contributed by atoms with van der Waals surface area (Å²) in [5, 5.41) is 0.495. The average Bonchev–Trinajstić information content (AvgIpc) is 3.11. The number of oxazole rings is 1. The summed E-state index contributed by atoms with van der Waals surface area (Å²) >= 11 is 5.86. The van der Waals surface area contributed by atoms with Crippen LogP contribution in [0.5, 0.6) is 0 Å². The smallest absolute Gasteiger partial charge is 0.243 e. The van der Waals surface area contributed by atoms with Crippen LogP contribution in [-0.2, 0) is 16.6 Å². The molecule has 0 aliphatic carbocycles. The molecule has 0 amide bonds. The van der Waals surface area contributed by atoms with Crippen LogP contribution in [0.1, 0.15) is 19.0 Å². The molecule has 0 bridgehead atoms. The summed E-state index contributed by atoms with van der Waals surface area (Å²) in [5.74, 6) is 0.473. The highest BCUT2D eigenvalue weighted by Gasteiger charge is 2.25. The molecule has 3 rings (SSSR count). The lowest BCUT2D eigenvalue weighted by atomic mass is 10.2. The quantitative estimate of drug-likeness (QED) is 0.591. The summed E-state index contributed by atoms with van der Waals surface area (Å²) in [7, 11) is -3.64. The molecular formula is C19H19ClN2O3S. The van der Waals surface area contributed by atoms with Gasteiger partial charge in [0, 0.05) is 17.1 Å². The van der Waals surface area contributed by atoms with Crippen LogP contribution >= 0.6 is 11.6 Å². The molecule has 5 nitrogen and oxygen atoms in total. The molecule has 1 aromatic heterocycles. The molecule has 0 spiro atoms. The first-order valence-corrected chi connectivity index (χ1v) is 10.1. The standard InChI is InChI=1S/C19H19ClN2O3S/c1-2-12-22(26(23,24)18-10-8-16(20)9-11-18)13-17-14-25-19(21-17)15-6-4-3-5-7-15/h3-11,14H,2,12-13H2,1H3.